The van der Waals surface area contributed by atoms with Crippen LogP contribution in [0.4, 0.5) is 0 Å². The van der Waals surface area contributed by atoms with Crippen molar-refractivity contribution < 1.29 is 4.11 Å². The van der Waals surface area contributed by atoms with E-state index in [1.807, 2.05) is 0 Å². The maximum atomic E-state index is 7.57. The van der Waals surface area contributed by atoms with Crippen LogP contribution in [0.2, 0.25) is 0 Å². The Balaban J connectivity index is 2.42. The van der Waals surface area contributed by atoms with E-state index in [-0.39, 0.29) is 0 Å². The van der Waals surface area contributed by atoms with Gasteiger partial charge in [-0.2, -0.15) is 0 Å². The monoisotopic (exact) mass is 165 g/mol. The normalized spacial score (nSPS) is 35.2. The molecule has 0 aliphatic heterocycles. The Hall–Kier alpha value is -0.520. The minimum absolute atomic E-state index is 0.496. The maximum Gasteiger partial charge on any atom is 0.0276 e. The van der Waals surface area contributed by atoms with Gasteiger partial charge in [-0.3, -0.25) is 0 Å². The zero-order valence-electron chi connectivity index (χ0n) is 10.5. The van der Waals surface area contributed by atoms with Gasteiger partial charge in [-0.05, 0) is 56.9 Å². The molecular weight excluding hydrogens is 144 g/mol. The van der Waals surface area contributed by atoms with Gasteiger partial charge in [0.25, 0.3) is 0 Å². The smallest absolute Gasteiger partial charge is 0.0276 e. The number of fused-ring (bicyclic) bond motifs is 1. The predicted octanol–water partition coefficient (Wildman–Crippen LogP) is 3.84. The number of allylic oxidation sites excluding steroid dienone is 3. The van der Waals surface area contributed by atoms with Crippen LogP contribution in [-0.2, 0) is 0 Å². The predicted molar refractivity (Wildman–Crippen MR) is 53.0 cm³/mol. The lowest BCUT2D eigenvalue weighted by Gasteiger charge is -2.33. The molecule has 0 aromatic carbocycles. The van der Waals surface area contributed by atoms with Crippen LogP contribution in [0.5, 0.6) is 0 Å². The van der Waals surface area contributed by atoms with Crippen molar-refractivity contribution in [1.82, 2.24) is 0 Å². The van der Waals surface area contributed by atoms with Crippen LogP contribution in [0, 0.1) is 5.92 Å². The SMILES string of the molecule is [2H]C([2H])([2H])C1=C2C(=C)CCCC2CCC1. The van der Waals surface area contributed by atoms with Gasteiger partial charge in [0, 0.05) is 4.11 Å². The Labute approximate surface area is 79.6 Å². The molecule has 0 heteroatoms. The molecule has 0 aromatic rings. The van der Waals surface area contributed by atoms with Crippen molar-refractivity contribution in [2.75, 3.05) is 0 Å². The van der Waals surface area contributed by atoms with E-state index >= 15 is 0 Å². The highest BCUT2D eigenvalue weighted by molar-refractivity contribution is 5.37. The summed E-state index contributed by atoms with van der Waals surface area (Å²) in [6.45, 7) is 2.16. The highest BCUT2D eigenvalue weighted by Crippen LogP contribution is 2.41. The first kappa shape index (κ1) is 5.26. The van der Waals surface area contributed by atoms with Gasteiger partial charge in [-0.25, -0.2) is 0 Å². The van der Waals surface area contributed by atoms with Crippen molar-refractivity contribution in [3.05, 3.63) is 23.3 Å². The molecule has 66 valence electrons. The van der Waals surface area contributed by atoms with E-state index in [0.717, 1.165) is 43.3 Å². The highest BCUT2D eigenvalue weighted by Gasteiger charge is 2.25. The van der Waals surface area contributed by atoms with E-state index in [1.54, 1.807) is 0 Å². The molecule has 0 spiro atoms. The Bertz CT molecular complexity index is 309. The van der Waals surface area contributed by atoms with Crippen LogP contribution < -0.4 is 0 Å². The minimum atomic E-state index is -1.89. The van der Waals surface area contributed by atoms with Gasteiger partial charge in [0.2, 0.25) is 0 Å². The molecule has 2 aliphatic rings. The van der Waals surface area contributed by atoms with Crippen LogP contribution in [-0.4, -0.2) is 0 Å². The fourth-order valence-electron chi connectivity index (χ4n) is 2.54. The van der Waals surface area contributed by atoms with Crippen LogP contribution in [0.15, 0.2) is 23.3 Å². The number of hydrogen-bond donors (Lipinski definition) is 0. The van der Waals surface area contributed by atoms with Gasteiger partial charge in [0.15, 0.2) is 0 Å². The van der Waals surface area contributed by atoms with Gasteiger partial charge in [-0.15, -0.1) is 0 Å². The fourth-order valence-corrected chi connectivity index (χ4v) is 2.54. The maximum absolute atomic E-state index is 7.57. The Morgan fingerprint density at radius 1 is 1.33 bits per heavy atom. The summed E-state index contributed by atoms with van der Waals surface area (Å²) >= 11 is 0. The molecule has 1 fully saturated rings. The molecule has 12 heavy (non-hydrogen) atoms. The van der Waals surface area contributed by atoms with Crippen molar-refractivity contribution in [2.24, 2.45) is 5.92 Å². The van der Waals surface area contributed by atoms with Crippen LogP contribution >= 0.6 is 0 Å². The molecule has 0 nitrogen and oxygen atoms in total. The van der Waals surface area contributed by atoms with Gasteiger partial charge in [-0.1, -0.05) is 17.7 Å². The summed E-state index contributed by atoms with van der Waals surface area (Å²) < 4.78 is 22.7. The Kier molecular flexibility index (Phi) is 1.35. The lowest BCUT2D eigenvalue weighted by atomic mass is 9.73. The van der Waals surface area contributed by atoms with Crippen LogP contribution in [0.25, 0.3) is 0 Å². The average Bonchev–Trinajstić information content (AvgIpc) is 2.16. The summed E-state index contributed by atoms with van der Waals surface area (Å²) in [5.74, 6) is 0.496. The van der Waals surface area contributed by atoms with Gasteiger partial charge < -0.3 is 0 Å². The molecule has 0 bridgehead atoms. The molecule has 1 unspecified atom stereocenters. The number of hydrogen-bond acceptors (Lipinski definition) is 0. The lowest BCUT2D eigenvalue weighted by molar-refractivity contribution is 0.430. The van der Waals surface area contributed by atoms with E-state index in [4.69, 9.17) is 4.11 Å². The molecule has 0 saturated heterocycles. The van der Waals surface area contributed by atoms with Gasteiger partial charge in [0.05, 0.1) is 0 Å². The molecule has 2 rings (SSSR count). The second kappa shape index (κ2) is 3.08. The lowest BCUT2D eigenvalue weighted by Crippen LogP contribution is -2.17. The van der Waals surface area contributed by atoms with Crippen LogP contribution in [0.1, 0.15) is 49.5 Å². The largest absolute Gasteiger partial charge is 0.0955 e. The Morgan fingerprint density at radius 2 is 2.08 bits per heavy atom. The average molecular weight is 165 g/mol. The minimum Gasteiger partial charge on any atom is -0.0955 e. The number of rotatable bonds is 0. The summed E-state index contributed by atoms with van der Waals surface area (Å²) in [4.78, 5) is 0. The van der Waals surface area contributed by atoms with Crippen molar-refractivity contribution >= 4 is 0 Å². The first-order valence-corrected chi connectivity index (χ1v) is 4.92. The molecular formula is C12H18. The zero-order chi connectivity index (χ0) is 11.1. The van der Waals surface area contributed by atoms with Crippen molar-refractivity contribution in [3.63, 3.8) is 0 Å². The first-order valence-electron chi connectivity index (χ1n) is 6.42. The molecule has 2 aliphatic carbocycles. The quantitative estimate of drug-likeness (QED) is 0.511. The highest BCUT2D eigenvalue weighted by atomic mass is 14.3. The standard InChI is InChI=1S/C12H18/c1-9-5-3-7-11-8-4-6-10(2)12(9)11/h11H,1,3-8H2,2H3/i2D3. The second-order valence-electron chi connectivity index (χ2n) is 3.98. The summed E-state index contributed by atoms with van der Waals surface area (Å²) in [5, 5.41) is 0. The Morgan fingerprint density at radius 3 is 2.83 bits per heavy atom. The molecule has 1 atom stereocenters. The summed E-state index contributed by atoms with van der Waals surface area (Å²) in [7, 11) is 0. The molecule has 0 heterocycles. The third-order valence-electron chi connectivity index (χ3n) is 3.12. The fraction of sp³-hybridized carbons (Fsp3) is 0.667. The van der Waals surface area contributed by atoms with Gasteiger partial charge in [0.1, 0.15) is 0 Å². The van der Waals surface area contributed by atoms with Gasteiger partial charge >= 0.3 is 0 Å². The molecule has 0 aromatic heterocycles. The molecule has 0 radical (unpaired) electrons. The van der Waals surface area contributed by atoms with Crippen molar-refractivity contribution in [1.29, 1.82) is 0 Å². The topological polar surface area (TPSA) is 0 Å². The molecule has 0 N–H and O–H groups in total. The van der Waals surface area contributed by atoms with E-state index in [9.17, 15) is 0 Å². The third-order valence-corrected chi connectivity index (χ3v) is 3.12. The van der Waals surface area contributed by atoms with Crippen molar-refractivity contribution in [3.8, 4) is 0 Å². The summed E-state index contributed by atoms with van der Waals surface area (Å²) in [5.41, 5.74) is 2.92. The van der Waals surface area contributed by atoms with E-state index in [1.165, 1.54) is 6.42 Å². The molecule has 0 amide bonds. The molecule has 1 saturated carbocycles. The van der Waals surface area contributed by atoms with Crippen molar-refractivity contribution in [2.45, 2.75) is 45.4 Å². The van der Waals surface area contributed by atoms with E-state index in [2.05, 4.69) is 6.58 Å². The first-order chi connectivity index (χ1) is 7.00. The third kappa shape index (κ3) is 1.24. The summed E-state index contributed by atoms with van der Waals surface area (Å²) in [6, 6.07) is 0. The zero-order valence-corrected chi connectivity index (χ0v) is 7.53. The second-order valence-corrected chi connectivity index (χ2v) is 3.98. The van der Waals surface area contributed by atoms with E-state index in [0.29, 0.717) is 11.5 Å². The van der Waals surface area contributed by atoms with Crippen LogP contribution in [0.3, 0.4) is 0 Å². The van der Waals surface area contributed by atoms with E-state index < -0.39 is 6.85 Å². The summed E-state index contributed by atoms with van der Waals surface area (Å²) in [6.07, 6.45) is 6.28.